The molecule has 0 atom stereocenters. The van der Waals surface area contributed by atoms with Gasteiger partial charge in [0.15, 0.2) is 0 Å². The molecule has 146 valence electrons. The minimum atomic E-state index is 0.870. The van der Waals surface area contributed by atoms with E-state index in [-0.39, 0.29) is 0 Å². The van der Waals surface area contributed by atoms with Crippen LogP contribution in [0.5, 0.6) is 0 Å². The average molecular weight is 376 g/mol. The summed E-state index contributed by atoms with van der Waals surface area (Å²) in [5.74, 6) is 0. The number of hydrogen-bond donors (Lipinski definition) is 0. The standard InChI is InChI=1S/C24H29N3O/c1-2-10-24-22(7-1)8-3-9-23(24)20-27(19-21-6-4-11-25-18-21)13-5-12-26-14-16-28-17-15-26/h1-4,6-11,18H,5,12-17,19-20H2. The van der Waals surface area contributed by atoms with Crippen LogP contribution in [0.2, 0.25) is 0 Å². The molecule has 2 heterocycles. The topological polar surface area (TPSA) is 28.6 Å². The van der Waals surface area contributed by atoms with Crippen molar-refractivity contribution < 1.29 is 4.74 Å². The van der Waals surface area contributed by atoms with Crippen LogP contribution >= 0.6 is 0 Å². The first-order chi connectivity index (χ1) is 13.9. The van der Waals surface area contributed by atoms with E-state index in [4.69, 9.17) is 4.74 Å². The molecule has 3 aromatic rings. The second-order valence-corrected chi connectivity index (χ2v) is 7.52. The molecule has 4 nitrogen and oxygen atoms in total. The molecule has 0 amide bonds. The second kappa shape index (κ2) is 9.78. The lowest BCUT2D eigenvalue weighted by Crippen LogP contribution is -2.38. The van der Waals surface area contributed by atoms with Gasteiger partial charge in [-0.2, -0.15) is 0 Å². The number of aromatic nitrogens is 1. The normalized spacial score (nSPS) is 15.3. The highest BCUT2D eigenvalue weighted by atomic mass is 16.5. The SMILES string of the molecule is c1cncc(CN(CCCN2CCOCC2)Cc2cccc3ccccc23)c1. The first-order valence-corrected chi connectivity index (χ1v) is 10.3. The van der Waals surface area contributed by atoms with Crippen molar-refractivity contribution >= 4 is 10.8 Å². The fourth-order valence-electron chi connectivity index (χ4n) is 3.98. The molecule has 0 aliphatic carbocycles. The van der Waals surface area contributed by atoms with Crippen molar-refractivity contribution in [1.29, 1.82) is 0 Å². The van der Waals surface area contributed by atoms with Crippen LogP contribution in [0, 0.1) is 0 Å². The zero-order chi connectivity index (χ0) is 19.0. The molecule has 2 aromatic carbocycles. The van der Waals surface area contributed by atoms with Gasteiger partial charge in [0, 0.05) is 45.1 Å². The second-order valence-electron chi connectivity index (χ2n) is 7.52. The Morgan fingerprint density at radius 3 is 2.64 bits per heavy atom. The third-order valence-corrected chi connectivity index (χ3v) is 5.46. The van der Waals surface area contributed by atoms with E-state index in [9.17, 15) is 0 Å². The van der Waals surface area contributed by atoms with E-state index in [0.717, 1.165) is 52.5 Å². The molecule has 4 heteroatoms. The predicted octanol–water partition coefficient (Wildman–Crippen LogP) is 3.96. The molecule has 28 heavy (non-hydrogen) atoms. The van der Waals surface area contributed by atoms with Crippen molar-refractivity contribution in [3.05, 3.63) is 78.1 Å². The summed E-state index contributed by atoms with van der Waals surface area (Å²) in [5, 5.41) is 2.67. The molecule has 0 radical (unpaired) electrons. The van der Waals surface area contributed by atoms with E-state index in [2.05, 4.69) is 63.3 Å². The Labute approximate surface area is 167 Å². The number of fused-ring (bicyclic) bond motifs is 1. The quantitative estimate of drug-likeness (QED) is 0.596. The first-order valence-electron chi connectivity index (χ1n) is 10.3. The number of pyridine rings is 1. The Bertz CT molecular complexity index is 857. The summed E-state index contributed by atoms with van der Waals surface area (Å²) < 4.78 is 5.47. The van der Waals surface area contributed by atoms with Gasteiger partial charge in [-0.05, 0) is 40.9 Å². The minimum absolute atomic E-state index is 0.870. The lowest BCUT2D eigenvalue weighted by molar-refractivity contribution is 0.0359. The van der Waals surface area contributed by atoms with Crippen LogP contribution in [-0.2, 0) is 17.8 Å². The highest BCUT2D eigenvalue weighted by Crippen LogP contribution is 2.21. The third kappa shape index (κ3) is 5.16. The number of ether oxygens (including phenoxy) is 1. The van der Waals surface area contributed by atoms with Crippen LogP contribution in [0.3, 0.4) is 0 Å². The third-order valence-electron chi connectivity index (χ3n) is 5.46. The summed E-state index contributed by atoms with van der Waals surface area (Å²) in [5.41, 5.74) is 2.67. The van der Waals surface area contributed by atoms with Crippen LogP contribution in [0.25, 0.3) is 10.8 Å². The van der Waals surface area contributed by atoms with Crippen molar-refractivity contribution in [2.75, 3.05) is 39.4 Å². The Morgan fingerprint density at radius 1 is 0.929 bits per heavy atom. The van der Waals surface area contributed by atoms with Gasteiger partial charge in [0.05, 0.1) is 13.2 Å². The molecular formula is C24H29N3O. The van der Waals surface area contributed by atoms with Crippen molar-refractivity contribution in [3.8, 4) is 0 Å². The van der Waals surface area contributed by atoms with Crippen molar-refractivity contribution in [1.82, 2.24) is 14.8 Å². The van der Waals surface area contributed by atoms with Gasteiger partial charge in [0.2, 0.25) is 0 Å². The van der Waals surface area contributed by atoms with Crippen LogP contribution in [0.1, 0.15) is 17.5 Å². The van der Waals surface area contributed by atoms with Crippen LogP contribution in [-0.4, -0.2) is 54.2 Å². The van der Waals surface area contributed by atoms with E-state index < -0.39 is 0 Å². The maximum Gasteiger partial charge on any atom is 0.0594 e. The Balaban J connectivity index is 1.45. The van der Waals surface area contributed by atoms with Crippen LogP contribution in [0.15, 0.2) is 67.0 Å². The Kier molecular flexibility index (Phi) is 6.66. The van der Waals surface area contributed by atoms with Gasteiger partial charge in [-0.15, -0.1) is 0 Å². The molecule has 0 bridgehead atoms. The molecule has 4 rings (SSSR count). The molecule has 0 unspecified atom stereocenters. The number of nitrogens with zero attached hydrogens (tertiary/aromatic N) is 3. The number of hydrogen-bond acceptors (Lipinski definition) is 4. The average Bonchev–Trinajstić information content (AvgIpc) is 2.75. The zero-order valence-electron chi connectivity index (χ0n) is 16.5. The van der Waals surface area contributed by atoms with Crippen LogP contribution < -0.4 is 0 Å². The van der Waals surface area contributed by atoms with E-state index in [1.54, 1.807) is 0 Å². The molecule has 1 saturated heterocycles. The summed E-state index contributed by atoms with van der Waals surface area (Å²) in [7, 11) is 0. The van der Waals surface area contributed by atoms with Gasteiger partial charge >= 0.3 is 0 Å². The molecule has 1 aromatic heterocycles. The summed E-state index contributed by atoms with van der Waals surface area (Å²) in [6.07, 6.45) is 5.00. The van der Waals surface area contributed by atoms with E-state index in [1.807, 2.05) is 18.5 Å². The van der Waals surface area contributed by atoms with Crippen LogP contribution in [0.4, 0.5) is 0 Å². The first kappa shape index (κ1) is 19.1. The van der Waals surface area contributed by atoms with Gasteiger partial charge in [-0.1, -0.05) is 48.5 Å². The van der Waals surface area contributed by atoms with Crippen molar-refractivity contribution in [3.63, 3.8) is 0 Å². The molecule has 1 aliphatic heterocycles. The maximum absolute atomic E-state index is 5.47. The summed E-state index contributed by atoms with van der Waals surface area (Å²) in [4.78, 5) is 9.37. The number of benzene rings is 2. The number of rotatable bonds is 8. The predicted molar refractivity (Wildman–Crippen MR) is 114 cm³/mol. The molecule has 0 N–H and O–H groups in total. The monoisotopic (exact) mass is 375 g/mol. The highest BCUT2D eigenvalue weighted by Gasteiger charge is 2.13. The fourth-order valence-corrected chi connectivity index (χ4v) is 3.98. The lowest BCUT2D eigenvalue weighted by atomic mass is 10.0. The summed E-state index contributed by atoms with van der Waals surface area (Å²) >= 11 is 0. The van der Waals surface area contributed by atoms with Crippen molar-refractivity contribution in [2.24, 2.45) is 0 Å². The van der Waals surface area contributed by atoms with Gasteiger partial charge in [-0.3, -0.25) is 14.8 Å². The molecule has 1 aliphatic rings. The number of morpholine rings is 1. The van der Waals surface area contributed by atoms with Gasteiger partial charge in [0.1, 0.15) is 0 Å². The van der Waals surface area contributed by atoms with Gasteiger partial charge in [0.25, 0.3) is 0 Å². The van der Waals surface area contributed by atoms with Crippen molar-refractivity contribution in [2.45, 2.75) is 19.5 Å². The minimum Gasteiger partial charge on any atom is -0.379 e. The van der Waals surface area contributed by atoms with E-state index in [1.165, 1.54) is 28.3 Å². The van der Waals surface area contributed by atoms with E-state index >= 15 is 0 Å². The zero-order valence-corrected chi connectivity index (χ0v) is 16.5. The fraction of sp³-hybridized carbons (Fsp3) is 0.375. The highest BCUT2D eigenvalue weighted by molar-refractivity contribution is 5.85. The van der Waals surface area contributed by atoms with Gasteiger partial charge < -0.3 is 4.74 Å². The van der Waals surface area contributed by atoms with Gasteiger partial charge in [-0.25, -0.2) is 0 Å². The Hall–Kier alpha value is -2.27. The van der Waals surface area contributed by atoms with E-state index in [0.29, 0.717) is 0 Å². The largest absolute Gasteiger partial charge is 0.379 e. The molecular weight excluding hydrogens is 346 g/mol. The summed E-state index contributed by atoms with van der Waals surface area (Å²) in [6.45, 7) is 7.97. The molecule has 0 spiro atoms. The smallest absolute Gasteiger partial charge is 0.0594 e. The molecule has 1 fully saturated rings. The lowest BCUT2D eigenvalue weighted by Gasteiger charge is -2.28. The Morgan fingerprint density at radius 2 is 1.79 bits per heavy atom. The molecule has 0 saturated carbocycles. The maximum atomic E-state index is 5.47. The summed E-state index contributed by atoms with van der Waals surface area (Å²) in [6, 6.07) is 19.5.